The van der Waals surface area contributed by atoms with Gasteiger partial charge in [-0.25, -0.2) is 4.99 Å². The predicted octanol–water partition coefficient (Wildman–Crippen LogP) is 1.92. The van der Waals surface area contributed by atoms with E-state index in [1.54, 1.807) is 30.3 Å². The molecule has 1 aliphatic heterocycles. The number of hydrogen-bond donors (Lipinski definition) is 2. The maximum atomic E-state index is 11.9. The summed E-state index contributed by atoms with van der Waals surface area (Å²) in [7, 11) is 3.47. The number of ether oxygens (including phenoxy) is 1. The van der Waals surface area contributed by atoms with Crippen LogP contribution in [0.3, 0.4) is 0 Å². The molecule has 1 amide bonds. The van der Waals surface area contributed by atoms with E-state index in [0.29, 0.717) is 12.5 Å². The summed E-state index contributed by atoms with van der Waals surface area (Å²) in [6.07, 6.45) is 1.87. The van der Waals surface area contributed by atoms with Crippen LogP contribution in [0.2, 0.25) is 0 Å². The fourth-order valence-electron chi connectivity index (χ4n) is 2.80. The molecule has 2 heterocycles. The Labute approximate surface area is 164 Å². The molecule has 7 heteroatoms. The molecule has 6 nitrogen and oxygen atoms in total. The van der Waals surface area contributed by atoms with Crippen molar-refractivity contribution in [2.45, 2.75) is 18.9 Å². The second-order valence-electron chi connectivity index (χ2n) is 6.64. The van der Waals surface area contributed by atoms with Crippen molar-refractivity contribution in [3.05, 3.63) is 52.2 Å². The van der Waals surface area contributed by atoms with Gasteiger partial charge in [0.15, 0.2) is 5.96 Å². The van der Waals surface area contributed by atoms with E-state index in [-0.39, 0.29) is 18.6 Å². The lowest BCUT2D eigenvalue weighted by Crippen LogP contribution is -2.43. The lowest BCUT2D eigenvalue weighted by atomic mass is 10.1. The van der Waals surface area contributed by atoms with Crippen LogP contribution in [0, 0.1) is 0 Å². The zero-order valence-corrected chi connectivity index (χ0v) is 16.6. The molecule has 2 aromatic rings. The van der Waals surface area contributed by atoms with E-state index in [2.05, 4.69) is 39.2 Å². The first-order valence-corrected chi connectivity index (χ1v) is 9.99. The summed E-state index contributed by atoms with van der Waals surface area (Å²) in [5.41, 5.74) is 1.23. The Bertz CT molecular complexity index is 749. The SMILES string of the molecule is CN(C)C(=O)CN=C(NCCc1cccs1)NCC1Cc2ccccc2O1. The van der Waals surface area contributed by atoms with Crippen LogP contribution in [-0.2, 0) is 17.6 Å². The van der Waals surface area contributed by atoms with Gasteiger partial charge in [-0.3, -0.25) is 4.79 Å². The Morgan fingerprint density at radius 2 is 2.11 bits per heavy atom. The van der Waals surface area contributed by atoms with E-state index in [1.807, 2.05) is 18.2 Å². The molecule has 1 aliphatic rings. The molecule has 0 aliphatic carbocycles. The van der Waals surface area contributed by atoms with Gasteiger partial charge < -0.3 is 20.3 Å². The highest BCUT2D eigenvalue weighted by atomic mass is 32.1. The van der Waals surface area contributed by atoms with Gasteiger partial charge in [0, 0.05) is 31.9 Å². The highest BCUT2D eigenvalue weighted by Crippen LogP contribution is 2.27. The normalized spacial score (nSPS) is 15.8. The van der Waals surface area contributed by atoms with Crippen LogP contribution in [0.15, 0.2) is 46.8 Å². The molecular weight excluding hydrogens is 360 g/mol. The zero-order chi connectivity index (χ0) is 19.1. The van der Waals surface area contributed by atoms with Crippen molar-refractivity contribution in [3.63, 3.8) is 0 Å². The van der Waals surface area contributed by atoms with Crippen molar-refractivity contribution >= 4 is 23.2 Å². The summed E-state index contributed by atoms with van der Waals surface area (Å²) in [6.45, 7) is 1.51. The van der Waals surface area contributed by atoms with Crippen LogP contribution in [-0.4, -0.2) is 56.6 Å². The second kappa shape index (κ2) is 9.41. The maximum Gasteiger partial charge on any atom is 0.243 e. The third kappa shape index (κ3) is 5.72. The predicted molar refractivity (Wildman–Crippen MR) is 110 cm³/mol. The minimum atomic E-state index is -0.0288. The molecule has 3 rings (SSSR count). The van der Waals surface area contributed by atoms with Gasteiger partial charge in [-0.05, 0) is 29.5 Å². The largest absolute Gasteiger partial charge is 0.488 e. The minimum Gasteiger partial charge on any atom is -0.488 e. The molecule has 144 valence electrons. The third-order valence-corrected chi connectivity index (χ3v) is 5.26. The average Bonchev–Trinajstić information content (AvgIpc) is 3.32. The average molecular weight is 387 g/mol. The van der Waals surface area contributed by atoms with Crippen LogP contribution in [0.4, 0.5) is 0 Å². The van der Waals surface area contributed by atoms with Crippen molar-refractivity contribution in [3.8, 4) is 5.75 Å². The quantitative estimate of drug-likeness (QED) is 0.564. The molecule has 1 aromatic heterocycles. The Hall–Kier alpha value is -2.54. The number of fused-ring (bicyclic) bond motifs is 1. The number of guanidine groups is 1. The third-order valence-electron chi connectivity index (χ3n) is 4.33. The highest BCUT2D eigenvalue weighted by molar-refractivity contribution is 7.09. The fraction of sp³-hybridized carbons (Fsp3) is 0.400. The molecule has 0 saturated carbocycles. The minimum absolute atomic E-state index is 0.0288. The van der Waals surface area contributed by atoms with Gasteiger partial charge in [0.1, 0.15) is 18.4 Å². The lowest BCUT2D eigenvalue weighted by molar-refractivity contribution is -0.127. The number of carbonyl (C=O) groups excluding carboxylic acids is 1. The number of carbonyl (C=O) groups is 1. The van der Waals surface area contributed by atoms with Gasteiger partial charge in [-0.15, -0.1) is 11.3 Å². The van der Waals surface area contributed by atoms with Crippen molar-refractivity contribution in [1.82, 2.24) is 15.5 Å². The van der Waals surface area contributed by atoms with Crippen LogP contribution in [0.5, 0.6) is 5.75 Å². The van der Waals surface area contributed by atoms with Gasteiger partial charge >= 0.3 is 0 Å². The van der Waals surface area contributed by atoms with E-state index in [4.69, 9.17) is 4.74 Å². The molecule has 0 fully saturated rings. The van der Waals surface area contributed by atoms with E-state index in [0.717, 1.165) is 25.1 Å². The molecule has 27 heavy (non-hydrogen) atoms. The molecule has 1 unspecified atom stereocenters. The number of nitrogens with zero attached hydrogens (tertiary/aromatic N) is 2. The molecule has 2 N–H and O–H groups in total. The zero-order valence-electron chi connectivity index (χ0n) is 15.8. The van der Waals surface area contributed by atoms with Gasteiger partial charge in [0.05, 0.1) is 6.54 Å². The molecule has 1 atom stereocenters. The van der Waals surface area contributed by atoms with E-state index in [9.17, 15) is 4.79 Å². The van der Waals surface area contributed by atoms with Crippen molar-refractivity contribution < 1.29 is 9.53 Å². The van der Waals surface area contributed by atoms with Crippen molar-refractivity contribution in [1.29, 1.82) is 0 Å². The van der Waals surface area contributed by atoms with Gasteiger partial charge in [-0.2, -0.15) is 0 Å². The summed E-state index contributed by atoms with van der Waals surface area (Å²) in [5.74, 6) is 1.57. The summed E-state index contributed by atoms with van der Waals surface area (Å²) in [5, 5.41) is 8.71. The number of para-hydroxylation sites is 1. The number of amides is 1. The Morgan fingerprint density at radius 1 is 1.26 bits per heavy atom. The number of aliphatic imine (C=N–C) groups is 1. The molecular formula is C20H26N4O2S. The molecule has 0 saturated heterocycles. The summed E-state index contributed by atoms with van der Waals surface area (Å²) < 4.78 is 5.97. The molecule has 0 spiro atoms. The Balaban J connectivity index is 1.52. The number of likely N-dealkylation sites (N-methyl/N-ethyl adjacent to an activating group) is 1. The Kier molecular flexibility index (Phi) is 6.70. The first kappa shape index (κ1) is 19.2. The van der Waals surface area contributed by atoms with Gasteiger partial charge in [-0.1, -0.05) is 24.3 Å². The van der Waals surface area contributed by atoms with Crippen LogP contribution < -0.4 is 15.4 Å². The number of thiophene rings is 1. The van der Waals surface area contributed by atoms with Gasteiger partial charge in [0.2, 0.25) is 5.91 Å². The van der Waals surface area contributed by atoms with E-state index >= 15 is 0 Å². The number of hydrogen-bond acceptors (Lipinski definition) is 4. The summed E-state index contributed by atoms with van der Waals surface area (Å²) in [4.78, 5) is 19.1. The smallest absolute Gasteiger partial charge is 0.243 e. The lowest BCUT2D eigenvalue weighted by Gasteiger charge is -2.16. The number of rotatable bonds is 7. The fourth-order valence-corrected chi connectivity index (χ4v) is 3.51. The van der Waals surface area contributed by atoms with Crippen LogP contribution in [0.1, 0.15) is 10.4 Å². The maximum absolute atomic E-state index is 11.9. The summed E-state index contributed by atoms with van der Waals surface area (Å²) >= 11 is 1.74. The topological polar surface area (TPSA) is 66.0 Å². The molecule has 1 aromatic carbocycles. The first-order valence-electron chi connectivity index (χ1n) is 9.11. The second-order valence-corrected chi connectivity index (χ2v) is 7.67. The summed E-state index contributed by atoms with van der Waals surface area (Å²) in [6, 6.07) is 12.3. The first-order chi connectivity index (χ1) is 13.1. The van der Waals surface area contributed by atoms with Crippen LogP contribution >= 0.6 is 11.3 Å². The van der Waals surface area contributed by atoms with Crippen LogP contribution in [0.25, 0.3) is 0 Å². The molecule has 0 radical (unpaired) electrons. The molecule has 0 bridgehead atoms. The highest BCUT2D eigenvalue weighted by Gasteiger charge is 2.22. The van der Waals surface area contributed by atoms with Crippen molar-refractivity contribution in [2.24, 2.45) is 4.99 Å². The number of nitrogens with one attached hydrogen (secondary N) is 2. The monoisotopic (exact) mass is 386 g/mol. The Morgan fingerprint density at radius 3 is 2.85 bits per heavy atom. The standard InChI is InChI=1S/C20H26N4O2S/c1-24(2)19(25)14-23-20(21-10-9-17-7-5-11-27-17)22-13-16-12-15-6-3-4-8-18(15)26-16/h3-8,11,16H,9-10,12-14H2,1-2H3,(H2,21,22,23). The van der Waals surface area contributed by atoms with Gasteiger partial charge in [0.25, 0.3) is 0 Å². The van der Waals surface area contributed by atoms with E-state index in [1.165, 1.54) is 10.4 Å². The number of benzene rings is 1. The van der Waals surface area contributed by atoms with Crippen molar-refractivity contribution in [2.75, 3.05) is 33.7 Å². The van der Waals surface area contributed by atoms with E-state index < -0.39 is 0 Å².